The van der Waals surface area contributed by atoms with E-state index in [-0.39, 0.29) is 0 Å². The lowest BCUT2D eigenvalue weighted by molar-refractivity contribution is 0.374. The SMILES string of the molecule is Cc1cc(Br)c(CC2CCNCC2)s1. The van der Waals surface area contributed by atoms with Gasteiger partial charge in [0.1, 0.15) is 0 Å². The standard InChI is InChI=1S/C11H16BrNS/c1-8-6-10(12)11(14-8)7-9-2-4-13-5-3-9/h6,9,13H,2-5,7H2,1H3. The summed E-state index contributed by atoms with van der Waals surface area (Å²) in [5, 5.41) is 3.41. The van der Waals surface area contributed by atoms with Gasteiger partial charge in [-0.1, -0.05) is 0 Å². The molecule has 0 aliphatic carbocycles. The molecule has 14 heavy (non-hydrogen) atoms. The molecule has 1 aromatic heterocycles. The van der Waals surface area contributed by atoms with Crippen molar-refractivity contribution >= 4 is 27.3 Å². The van der Waals surface area contributed by atoms with E-state index >= 15 is 0 Å². The third-order valence-electron chi connectivity index (χ3n) is 2.81. The van der Waals surface area contributed by atoms with Crippen LogP contribution in [0.2, 0.25) is 0 Å². The molecule has 1 nitrogen and oxygen atoms in total. The molecular formula is C11H16BrNS. The van der Waals surface area contributed by atoms with E-state index in [2.05, 4.69) is 34.2 Å². The van der Waals surface area contributed by atoms with Crippen LogP contribution in [0.1, 0.15) is 22.6 Å². The van der Waals surface area contributed by atoms with Gasteiger partial charge < -0.3 is 5.32 Å². The maximum Gasteiger partial charge on any atom is 0.0317 e. The molecule has 2 heterocycles. The number of hydrogen-bond acceptors (Lipinski definition) is 2. The Morgan fingerprint density at radius 2 is 2.21 bits per heavy atom. The Bertz CT molecular complexity index is 302. The number of piperidine rings is 1. The topological polar surface area (TPSA) is 12.0 Å². The van der Waals surface area contributed by atoms with Crippen LogP contribution >= 0.6 is 27.3 Å². The van der Waals surface area contributed by atoms with Gasteiger partial charge >= 0.3 is 0 Å². The van der Waals surface area contributed by atoms with Gasteiger partial charge in [-0.25, -0.2) is 0 Å². The summed E-state index contributed by atoms with van der Waals surface area (Å²) in [7, 11) is 0. The van der Waals surface area contributed by atoms with E-state index in [9.17, 15) is 0 Å². The Morgan fingerprint density at radius 3 is 2.79 bits per heavy atom. The van der Waals surface area contributed by atoms with Crippen molar-refractivity contribution in [2.45, 2.75) is 26.2 Å². The zero-order valence-electron chi connectivity index (χ0n) is 8.48. The molecule has 0 unspecified atom stereocenters. The van der Waals surface area contributed by atoms with Crippen LogP contribution < -0.4 is 5.32 Å². The average molecular weight is 274 g/mol. The highest BCUT2D eigenvalue weighted by Crippen LogP contribution is 2.30. The van der Waals surface area contributed by atoms with Crippen LogP contribution in [-0.2, 0) is 6.42 Å². The lowest BCUT2D eigenvalue weighted by Gasteiger charge is -2.22. The Morgan fingerprint density at radius 1 is 1.50 bits per heavy atom. The molecule has 1 aliphatic heterocycles. The third-order valence-corrected chi connectivity index (χ3v) is 4.86. The summed E-state index contributed by atoms with van der Waals surface area (Å²) >= 11 is 5.58. The second-order valence-electron chi connectivity index (χ2n) is 4.03. The molecule has 3 heteroatoms. The van der Waals surface area contributed by atoms with Crippen LogP contribution in [0.25, 0.3) is 0 Å². The van der Waals surface area contributed by atoms with E-state index in [0.717, 1.165) is 5.92 Å². The minimum atomic E-state index is 0.894. The van der Waals surface area contributed by atoms with Crippen molar-refractivity contribution in [1.29, 1.82) is 0 Å². The Hall–Kier alpha value is 0.140. The molecule has 0 saturated carbocycles. The predicted molar refractivity (Wildman–Crippen MR) is 66.1 cm³/mol. The summed E-state index contributed by atoms with van der Waals surface area (Å²) in [6, 6.07) is 2.24. The van der Waals surface area contributed by atoms with E-state index in [1.54, 1.807) is 0 Å². The normalized spacial score (nSPS) is 18.7. The van der Waals surface area contributed by atoms with Gasteiger partial charge in [0.05, 0.1) is 0 Å². The predicted octanol–water partition coefficient (Wildman–Crippen LogP) is 3.36. The van der Waals surface area contributed by atoms with Gasteiger partial charge in [0.15, 0.2) is 0 Å². The second-order valence-corrected chi connectivity index (χ2v) is 6.22. The fraction of sp³-hybridized carbons (Fsp3) is 0.636. The van der Waals surface area contributed by atoms with Gasteiger partial charge in [0, 0.05) is 14.2 Å². The quantitative estimate of drug-likeness (QED) is 0.872. The molecule has 1 aromatic rings. The van der Waals surface area contributed by atoms with Crippen LogP contribution in [-0.4, -0.2) is 13.1 Å². The van der Waals surface area contributed by atoms with Crippen LogP contribution in [0.5, 0.6) is 0 Å². The third kappa shape index (κ3) is 2.59. The minimum Gasteiger partial charge on any atom is -0.317 e. The molecular weight excluding hydrogens is 258 g/mol. The molecule has 0 spiro atoms. The maximum absolute atomic E-state index is 3.64. The van der Waals surface area contributed by atoms with E-state index in [4.69, 9.17) is 0 Å². The first kappa shape index (κ1) is 10.7. The summed E-state index contributed by atoms with van der Waals surface area (Å²) in [6.45, 7) is 4.58. The first-order valence-corrected chi connectivity index (χ1v) is 6.82. The van der Waals surface area contributed by atoms with E-state index in [0.29, 0.717) is 0 Å². The number of halogens is 1. The average Bonchev–Trinajstić information content (AvgIpc) is 2.47. The molecule has 0 aromatic carbocycles. The van der Waals surface area contributed by atoms with Crippen LogP contribution in [0.4, 0.5) is 0 Å². The van der Waals surface area contributed by atoms with Gasteiger partial charge in [-0.2, -0.15) is 0 Å². The largest absolute Gasteiger partial charge is 0.317 e. The molecule has 2 rings (SSSR count). The molecule has 0 bridgehead atoms. The molecule has 0 amide bonds. The van der Waals surface area contributed by atoms with E-state index < -0.39 is 0 Å². The first-order chi connectivity index (χ1) is 6.75. The van der Waals surface area contributed by atoms with Crippen molar-refractivity contribution in [3.05, 3.63) is 20.3 Å². The van der Waals surface area contributed by atoms with Crippen molar-refractivity contribution in [3.63, 3.8) is 0 Å². The first-order valence-electron chi connectivity index (χ1n) is 5.21. The molecule has 1 fully saturated rings. The molecule has 0 atom stereocenters. The highest BCUT2D eigenvalue weighted by Gasteiger charge is 2.15. The van der Waals surface area contributed by atoms with Crippen molar-refractivity contribution in [1.82, 2.24) is 5.32 Å². The fourth-order valence-corrected chi connectivity index (χ4v) is 3.96. The minimum absolute atomic E-state index is 0.894. The molecule has 78 valence electrons. The van der Waals surface area contributed by atoms with Crippen LogP contribution in [0.15, 0.2) is 10.5 Å². The van der Waals surface area contributed by atoms with E-state index in [1.807, 2.05) is 11.3 Å². The van der Waals surface area contributed by atoms with Crippen molar-refractivity contribution < 1.29 is 0 Å². The monoisotopic (exact) mass is 273 g/mol. The fourth-order valence-electron chi connectivity index (χ4n) is 2.02. The highest BCUT2D eigenvalue weighted by molar-refractivity contribution is 9.10. The molecule has 0 radical (unpaired) electrons. The molecule has 1 aliphatic rings. The van der Waals surface area contributed by atoms with Gasteiger partial charge in [-0.15, -0.1) is 11.3 Å². The number of nitrogens with one attached hydrogen (secondary N) is 1. The second kappa shape index (κ2) is 4.77. The highest BCUT2D eigenvalue weighted by atomic mass is 79.9. The summed E-state index contributed by atoms with van der Waals surface area (Å²) in [5.41, 5.74) is 0. The lowest BCUT2D eigenvalue weighted by atomic mass is 9.94. The Labute approximate surface area is 98.0 Å². The van der Waals surface area contributed by atoms with E-state index in [1.165, 1.54) is 46.6 Å². The Balaban J connectivity index is 1.98. The summed E-state index contributed by atoms with van der Waals surface area (Å²) in [4.78, 5) is 2.95. The number of rotatable bonds is 2. The van der Waals surface area contributed by atoms with Gasteiger partial charge in [-0.3, -0.25) is 0 Å². The van der Waals surface area contributed by atoms with Crippen LogP contribution in [0, 0.1) is 12.8 Å². The Kier molecular flexibility index (Phi) is 3.63. The summed E-state index contributed by atoms with van der Waals surface area (Å²) in [5.74, 6) is 0.894. The zero-order chi connectivity index (χ0) is 9.97. The van der Waals surface area contributed by atoms with Crippen LogP contribution in [0.3, 0.4) is 0 Å². The number of aryl methyl sites for hydroxylation is 1. The van der Waals surface area contributed by atoms with Gasteiger partial charge in [0.25, 0.3) is 0 Å². The van der Waals surface area contributed by atoms with Gasteiger partial charge in [0.2, 0.25) is 0 Å². The smallest absolute Gasteiger partial charge is 0.0317 e. The molecule has 1 saturated heterocycles. The van der Waals surface area contributed by atoms with Crippen molar-refractivity contribution in [2.24, 2.45) is 5.92 Å². The van der Waals surface area contributed by atoms with Crippen molar-refractivity contribution in [2.75, 3.05) is 13.1 Å². The number of thiophene rings is 1. The zero-order valence-corrected chi connectivity index (χ0v) is 10.9. The summed E-state index contributed by atoms with van der Waals surface area (Å²) in [6.07, 6.45) is 3.94. The summed E-state index contributed by atoms with van der Waals surface area (Å²) < 4.78 is 1.32. The lowest BCUT2D eigenvalue weighted by Crippen LogP contribution is -2.28. The maximum atomic E-state index is 3.64. The van der Waals surface area contributed by atoms with Crippen molar-refractivity contribution in [3.8, 4) is 0 Å². The number of hydrogen-bond donors (Lipinski definition) is 1. The molecule has 1 N–H and O–H groups in total. The van der Waals surface area contributed by atoms with Gasteiger partial charge in [-0.05, 0) is 67.2 Å².